The van der Waals surface area contributed by atoms with Crippen molar-refractivity contribution in [3.05, 3.63) is 30.3 Å². The van der Waals surface area contributed by atoms with E-state index in [0.717, 1.165) is 5.75 Å². The Balaban J connectivity index is 2.21. The lowest BCUT2D eigenvalue weighted by atomic mass is 10.3. The summed E-state index contributed by atoms with van der Waals surface area (Å²) in [7, 11) is 0. The summed E-state index contributed by atoms with van der Waals surface area (Å²) in [6.45, 7) is 7.66. The molecule has 128 valence electrons. The highest BCUT2D eigenvalue weighted by Crippen LogP contribution is 2.07. The molecule has 6 nitrogen and oxygen atoms in total. The fourth-order valence-electron chi connectivity index (χ4n) is 1.99. The molecule has 0 fully saturated rings. The third-order valence-electron chi connectivity index (χ3n) is 3.07. The molecule has 0 aliphatic heterocycles. The van der Waals surface area contributed by atoms with Crippen LogP contribution in [0.5, 0.6) is 5.75 Å². The average Bonchev–Trinajstić information content (AvgIpc) is 2.51. The molecular weight excluding hydrogens is 294 g/mol. The van der Waals surface area contributed by atoms with Crippen molar-refractivity contribution in [2.75, 3.05) is 32.8 Å². The maximum Gasteiger partial charge on any atom is 0.234 e. The summed E-state index contributed by atoms with van der Waals surface area (Å²) in [5.41, 5.74) is 0. The second-order valence-electron chi connectivity index (χ2n) is 5.54. The maximum atomic E-state index is 11.9. The SMILES string of the molecule is CCN(CC(=O)NCCOc1ccccc1)CC(=O)NC(C)C. The predicted octanol–water partition coefficient (Wildman–Crippen LogP) is 1.03. The number of likely N-dealkylation sites (N-methyl/N-ethyl adjacent to an activating group) is 1. The van der Waals surface area contributed by atoms with E-state index in [-0.39, 0.29) is 30.9 Å². The Morgan fingerprint density at radius 3 is 2.39 bits per heavy atom. The van der Waals surface area contributed by atoms with Gasteiger partial charge in [-0.3, -0.25) is 14.5 Å². The van der Waals surface area contributed by atoms with Crippen LogP contribution in [0.3, 0.4) is 0 Å². The second kappa shape index (κ2) is 10.6. The van der Waals surface area contributed by atoms with E-state index >= 15 is 0 Å². The molecule has 0 atom stereocenters. The van der Waals surface area contributed by atoms with Gasteiger partial charge in [0.2, 0.25) is 11.8 Å². The van der Waals surface area contributed by atoms with Crippen molar-refractivity contribution in [1.82, 2.24) is 15.5 Å². The Morgan fingerprint density at radius 1 is 1.13 bits per heavy atom. The van der Waals surface area contributed by atoms with Crippen LogP contribution in [0.25, 0.3) is 0 Å². The van der Waals surface area contributed by atoms with Crippen molar-refractivity contribution < 1.29 is 14.3 Å². The summed E-state index contributed by atoms with van der Waals surface area (Å²) >= 11 is 0. The Morgan fingerprint density at radius 2 is 1.78 bits per heavy atom. The van der Waals surface area contributed by atoms with E-state index in [4.69, 9.17) is 4.74 Å². The molecule has 2 N–H and O–H groups in total. The summed E-state index contributed by atoms with van der Waals surface area (Å²) in [5, 5.41) is 5.61. The Hall–Kier alpha value is -2.08. The van der Waals surface area contributed by atoms with E-state index in [1.54, 1.807) is 4.90 Å². The van der Waals surface area contributed by atoms with Gasteiger partial charge in [-0.15, -0.1) is 0 Å². The van der Waals surface area contributed by atoms with Crippen LogP contribution in [0.4, 0.5) is 0 Å². The second-order valence-corrected chi connectivity index (χ2v) is 5.54. The van der Waals surface area contributed by atoms with Crippen molar-refractivity contribution in [3.63, 3.8) is 0 Å². The highest BCUT2D eigenvalue weighted by Gasteiger charge is 2.13. The minimum absolute atomic E-state index is 0.0675. The fraction of sp³-hybridized carbons (Fsp3) is 0.529. The standard InChI is InChI=1S/C17H27N3O3/c1-4-20(13-17(22)19-14(2)3)12-16(21)18-10-11-23-15-8-6-5-7-9-15/h5-9,14H,4,10-13H2,1-3H3,(H,18,21)(H,19,22). The topological polar surface area (TPSA) is 70.7 Å². The fourth-order valence-corrected chi connectivity index (χ4v) is 1.99. The molecule has 0 unspecified atom stereocenters. The first-order valence-electron chi connectivity index (χ1n) is 7.97. The predicted molar refractivity (Wildman–Crippen MR) is 90.3 cm³/mol. The summed E-state index contributed by atoms with van der Waals surface area (Å²) in [6.07, 6.45) is 0. The minimum atomic E-state index is -0.110. The van der Waals surface area contributed by atoms with E-state index in [2.05, 4.69) is 10.6 Å². The van der Waals surface area contributed by atoms with E-state index < -0.39 is 0 Å². The van der Waals surface area contributed by atoms with E-state index in [0.29, 0.717) is 19.7 Å². The normalized spacial score (nSPS) is 10.7. The number of hydrogen-bond acceptors (Lipinski definition) is 4. The molecule has 1 aromatic rings. The highest BCUT2D eigenvalue weighted by atomic mass is 16.5. The number of ether oxygens (including phenoxy) is 1. The molecule has 0 saturated heterocycles. The third kappa shape index (κ3) is 8.83. The van der Waals surface area contributed by atoms with Crippen LogP contribution in [-0.4, -0.2) is 55.5 Å². The largest absolute Gasteiger partial charge is 0.492 e. The minimum Gasteiger partial charge on any atom is -0.492 e. The molecule has 23 heavy (non-hydrogen) atoms. The molecule has 6 heteroatoms. The zero-order valence-electron chi connectivity index (χ0n) is 14.2. The smallest absolute Gasteiger partial charge is 0.234 e. The van der Waals surface area contributed by atoms with Crippen molar-refractivity contribution in [2.24, 2.45) is 0 Å². The van der Waals surface area contributed by atoms with Gasteiger partial charge in [0.1, 0.15) is 12.4 Å². The molecular formula is C17H27N3O3. The van der Waals surface area contributed by atoms with Crippen molar-refractivity contribution >= 4 is 11.8 Å². The van der Waals surface area contributed by atoms with Crippen molar-refractivity contribution in [1.29, 1.82) is 0 Å². The first kappa shape index (κ1) is 19.0. The molecule has 2 amide bonds. The molecule has 0 aromatic heterocycles. The van der Waals surface area contributed by atoms with E-state index in [1.165, 1.54) is 0 Å². The number of nitrogens with zero attached hydrogens (tertiary/aromatic N) is 1. The van der Waals surface area contributed by atoms with Gasteiger partial charge in [-0.2, -0.15) is 0 Å². The molecule has 0 aliphatic rings. The first-order chi connectivity index (χ1) is 11.0. The Labute approximate surface area is 138 Å². The van der Waals surface area contributed by atoms with Gasteiger partial charge >= 0.3 is 0 Å². The van der Waals surface area contributed by atoms with Crippen LogP contribution < -0.4 is 15.4 Å². The van der Waals surface area contributed by atoms with E-state index in [9.17, 15) is 9.59 Å². The number of amides is 2. The van der Waals surface area contributed by atoms with Crippen LogP contribution in [0.15, 0.2) is 30.3 Å². The Kier molecular flexibility index (Phi) is 8.75. The Bertz CT molecular complexity index is 477. The van der Waals surface area contributed by atoms with Gasteiger partial charge in [-0.25, -0.2) is 0 Å². The molecule has 0 aliphatic carbocycles. The molecule has 0 radical (unpaired) electrons. The van der Waals surface area contributed by atoms with E-state index in [1.807, 2.05) is 51.1 Å². The summed E-state index contributed by atoms with van der Waals surface area (Å²) in [4.78, 5) is 25.4. The summed E-state index contributed by atoms with van der Waals surface area (Å²) in [6, 6.07) is 9.56. The first-order valence-corrected chi connectivity index (χ1v) is 7.97. The molecule has 0 heterocycles. The van der Waals surface area contributed by atoms with Crippen LogP contribution in [0.2, 0.25) is 0 Å². The van der Waals surface area contributed by atoms with Gasteiger partial charge in [0, 0.05) is 6.04 Å². The van der Waals surface area contributed by atoms with Crippen LogP contribution >= 0.6 is 0 Å². The molecule has 1 aromatic carbocycles. The van der Waals surface area contributed by atoms with Gasteiger partial charge < -0.3 is 15.4 Å². The van der Waals surface area contributed by atoms with Crippen molar-refractivity contribution in [3.8, 4) is 5.75 Å². The zero-order chi connectivity index (χ0) is 17.1. The maximum absolute atomic E-state index is 11.9. The lowest BCUT2D eigenvalue weighted by molar-refractivity contribution is -0.125. The quantitative estimate of drug-likeness (QED) is 0.632. The number of nitrogens with one attached hydrogen (secondary N) is 2. The van der Waals surface area contributed by atoms with Gasteiger partial charge in [-0.05, 0) is 32.5 Å². The van der Waals surface area contributed by atoms with Crippen LogP contribution in [0.1, 0.15) is 20.8 Å². The molecule has 0 spiro atoms. The van der Waals surface area contributed by atoms with Crippen LogP contribution in [-0.2, 0) is 9.59 Å². The number of benzene rings is 1. The van der Waals surface area contributed by atoms with Crippen LogP contribution in [0, 0.1) is 0 Å². The molecule has 1 rings (SSSR count). The third-order valence-corrected chi connectivity index (χ3v) is 3.07. The lowest BCUT2D eigenvalue weighted by Gasteiger charge is -2.20. The number of carbonyl (C=O) groups excluding carboxylic acids is 2. The highest BCUT2D eigenvalue weighted by molar-refractivity contribution is 5.81. The monoisotopic (exact) mass is 321 g/mol. The summed E-state index contributed by atoms with van der Waals surface area (Å²) < 4.78 is 5.50. The number of hydrogen-bond donors (Lipinski definition) is 2. The van der Waals surface area contributed by atoms with Gasteiger partial charge in [0.05, 0.1) is 19.6 Å². The lowest BCUT2D eigenvalue weighted by Crippen LogP contribution is -2.44. The molecule has 0 saturated carbocycles. The van der Waals surface area contributed by atoms with Gasteiger partial charge in [0.25, 0.3) is 0 Å². The van der Waals surface area contributed by atoms with Gasteiger partial charge in [0.15, 0.2) is 0 Å². The van der Waals surface area contributed by atoms with Gasteiger partial charge in [-0.1, -0.05) is 25.1 Å². The molecule has 0 bridgehead atoms. The number of para-hydroxylation sites is 1. The number of rotatable bonds is 10. The average molecular weight is 321 g/mol. The summed E-state index contributed by atoms with van der Waals surface area (Å²) in [5.74, 6) is 0.602. The van der Waals surface area contributed by atoms with Crippen molar-refractivity contribution in [2.45, 2.75) is 26.8 Å². The number of carbonyl (C=O) groups is 2. The zero-order valence-corrected chi connectivity index (χ0v) is 14.2.